The van der Waals surface area contributed by atoms with Crippen molar-refractivity contribution >= 4 is 21.8 Å². The van der Waals surface area contributed by atoms with Gasteiger partial charge in [0.1, 0.15) is 0 Å². The fourth-order valence-electron chi connectivity index (χ4n) is 7.97. The Balaban J connectivity index is 1.12. The maximum atomic E-state index is 5.21. The topological polar surface area (TPSA) is 64.5 Å². The Kier molecular flexibility index (Phi) is 7.08. The molecule has 0 spiro atoms. The Morgan fingerprint density at radius 2 is 0.792 bits per heavy atom. The Bertz CT molecular complexity index is 2710. The molecule has 10 rings (SSSR count). The van der Waals surface area contributed by atoms with Gasteiger partial charge in [0, 0.05) is 56.4 Å². The SMILES string of the molecule is CC1(C)c2ccccc2-c2c(-c3nc(-c4ccc(-c5cccc6cccnc56)cc4)nc(-c4ccc(-c5cccc6cccnc56)cc4)n3)cccc21. The summed E-state index contributed by atoms with van der Waals surface area (Å²) in [6.07, 6.45) is 3.69. The molecule has 0 unspecified atom stereocenters. The standard InChI is InChI=1S/C48H33N5/c1-48(2)40-18-4-3-14-38(40)42-39(17-7-19-41(42)48)47-52-45(34-24-20-30(21-25-34)36-15-5-10-32-12-8-28-49-43(32)36)51-46(53-47)35-26-22-31(23-27-35)37-16-6-11-33-13-9-29-50-44(33)37/h3-29H,1-2H3. The van der Waals surface area contributed by atoms with Crippen molar-refractivity contribution in [3.63, 3.8) is 0 Å². The van der Waals surface area contributed by atoms with Crippen molar-refractivity contribution in [3.8, 4) is 67.5 Å². The summed E-state index contributed by atoms with van der Waals surface area (Å²) in [6.45, 7) is 4.59. The van der Waals surface area contributed by atoms with Crippen LogP contribution in [0, 0.1) is 0 Å². The monoisotopic (exact) mass is 679 g/mol. The molecule has 5 nitrogen and oxygen atoms in total. The molecule has 0 N–H and O–H groups in total. The van der Waals surface area contributed by atoms with Gasteiger partial charge in [0.15, 0.2) is 17.5 Å². The lowest BCUT2D eigenvalue weighted by Gasteiger charge is -2.21. The van der Waals surface area contributed by atoms with E-state index in [0.29, 0.717) is 17.5 Å². The molecule has 6 aromatic carbocycles. The van der Waals surface area contributed by atoms with E-state index in [1.807, 2.05) is 24.5 Å². The highest BCUT2D eigenvalue weighted by molar-refractivity contribution is 5.95. The molecule has 0 radical (unpaired) electrons. The molecular weight excluding hydrogens is 647 g/mol. The molecule has 9 aromatic rings. The van der Waals surface area contributed by atoms with Crippen LogP contribution in [0.3, 0.4) is 0 Å². The van der Waals surface area contributed by atoms with E-state index in [1.54, 1.807) is 0 Å². The Labute approximate surface area is 307 Å². The molecule has 0 bridgehead atoms. The van der Waals surface area contributed by atoms with Gasteiger partial charge in [-0.2, -0.15) is 0 Å². The first-order valence-corrected chi connectivity index (χ1v) is 17.9. The first-order valence-electron chi connectivity index (χ1n) is 17.9. The molecule has 0 amide bonds. The molecular formula is C48H33N5. The van der Waals surface area contributed by atoms with Gasteiger partial charge in [-0.3, -0.25) is 9.97 Å². The van der Waals surface area contributed by atoms with Gasteiger partial charge in [-0.25, -0.2) is 15.0 Å². The maximum Gasteiger partial charge on any atom is 0.164 e. The second-order valence-corrected chi connectivity index (χ2v) is 14.1. The van der Waals surface area contributed by atoms with Crippen molar-refractivity contribution in [1.82, 2.24) is 24.9 Å². The van der Waals surface area contributed by atoms with E-state index in [0.717, 1.165) is 60.8 Å². The number of nitrogens with zero attached hydrogens (tertiary/aromatic N) is 5. The number of rotatable bonds is 5. The first-order chi connectivity index (χ1) is 26.0. The Hall–Kier alpha value is -6.85. The molecule has 1 aliphatic rings. The van der Waals surface area contributed by atoms with Gasteiger partial charge in [-0.15, -0.1) is 0 Å². The summed E-state index contributed by atoms with van der Waals surface area (Å²) < 4.78 is 0. The van der Waals surface area contributed by atoms with Gasteiger partial charge in [-0.1, -0.05) is 153 Å². The summed E-state index contributed by atoms with van der Waals surface area (Å²) in [5.74, 6) is 1.90. The van der Waals surface area contributed by atoms with E-state index < -0.39 is 0 Å². The van der Waals surface area contributed by atoms with Crippen LogP contribution in [0.1, 0.15) is 25.0 Å². The van der Waals surface area contributed by atoms with Gasteiger partial charge in [0.25, 0.3) is 0 Å². The van der Waals surface area contributed by atoms with E-state index >= 15 is 0 Å². The number of benzene rings is 6. The quantitative estimate of drug-likeness (QED) is 0.181. The fourth-order valence-corrected chi connectivity index (χ4v) is 7.97. The van der Waals surface area contributed by atoms with E-state index in [-0.39, 0.29) is 5.41 Å². The number of hydrogen-bond acceptors (Lipinski definition) is 5. The summed E-state index contributed by atoms with van der Waals surface area (Å²) in [5, 5.41) is 2.23. The van der Waals surface area contributed by atoms with E-state index in [9.17, 15) is 0 Å². The molecule has 3 aromatic heterocycles. The van der Waals surface area contributed by atoms with Crippen LogP contribution in [0.15, 0.2) is 164 Å². The third kappa shape index (κ3) is 5.12. The second-order valence-electron chi connectivity index (χ2n) is 14.1. The average molecular weight is 680 g/mol. The van der Waals surface area contributed by atoms with Crippen LogP contribution in [0.4, 0.5) is 0 Å². The zero-order valence-corrected chi connectivity index (χ0v) is 29.3. The summed E-state index contributed by atoms with van der Waals surface area (Å²) in [5.41, 5.74) is 14.0. The van der Waals surface area contributed by atoms with E-state index in [1.165, 1.54) is 22.3 Å². The third-order valence-electron chi connectivity index (χ3n) is 10.7. The molecule has 53 heavy (non-hydrogen) atoms. The lowest BCUT2D eigenvalue weighted by molar-refractivity contribution is 0.660. The van der Waals surface area contributed by atoms with Gasteiger partial charge in [-0.05, 0) is 45.5 Å². The predicted molar refractivity (Wildman–Crippen MR) is 215 cm³/mol. The molecule has 0 aliphatic heterocycles. The van der Waals surface area contributed by atoms with Crippen LogP contribution in [0.5, 0.6) is 0 Å². The van der Waals surface area contributed by atoms with Crippen LogP contribution in [-0.2, 0) is 5.41 Å². The summed E-state index contributed by atoms with van der Waals surface area (Å²) in [6, 6.07) is 52.9. The van der Waals surface area contributed by atoms with Crippen LogP contribution < -0.4 is 0 Å². The zero-order valence-electron chi connectivity index (χ0n) is 29.3. The first kappa shape index (κ1) is 30.9. The van der Waals surface area contributed by atoms with Crippen molar-refractivity contribution in [1.29, 1.82) is 0 Å². The minimum absolute atomic E-state index is 0.140. The highest BCUT2D eigenvalue weighted by atomic mass is 15.0. The van der Waals surface area contributed by atoms with Crippen LogP contribution in [-0.4, -0.2) is 24.9 Å². The molecule has 3 heterocycles. The van der Waals surface area contributed by atoms with E-state index in [2.05, 4.69) is 163 Å². The van der Waals surface area contributed by atoms with Crippen LogP contribution in [0.25, 0.3) is 89.4 Å². The van der Waals surface area contributed by atoms with E-state index in [4.69, 9.17) is 15.0 Å². The third-order valence-corrected chi connectivity index (χ3v) is 10.7. The number of para-hydroxylation sites is 2. The number of aromatic nitrogens is 5. The summed E-state index contributed by atoms with van der Waals surface area (Å²) in [4.78, 5) is 24.9. The largest absolute Gasteiger partial charge is 0.256 e. The highest BCUT2D eigenvalue weighted by Crippen LogP contribution is 2.51. The lowest BCUT2D eigenvalue weighted by Crippen LogP contribution is -2.14. The molecule has 5 heteroatoms. The molecule has 0 atom stereocenters. The number of pyridine rings is 2. The second kappa shape index (κ2) is 12.1. The Morgan fingerprint density at radius 1 is 0.358 bits per heavy atom. The smallest absolute Gasteiger partial charge is 0.164 e. The van der Waals surface area contributed by atoms with Gasteiger partial charge in [0.05, 0.1) is 11.0 Å². The number of fused-ring (bicyclic) bond motifs is 5. The molecule has 0 saturated carbocycles. The van der Waals surface area contributed by atoms with Crippen molar-refractivity contribution in [3.05, 3.63) is 175 Å². The van der Waals surface area contributed by atoms with Gasteiger partial charge in [0.2, 0.25) is 0 Å². The average Bonchev–Trinajstić information content (AvgIpc) is 3.46. The van der Waals surface area contributed by atoms with Gasteiger partial charge >= 0.3 is 0 Å². The highest BCUT2D eigenvalue weighted by Gasteiger charge is 2.37. The summed E-state index contributed by atoms with van der Waals surface area (Å²) >= 11 is 0. The Morgan fingerprint density at radius 3 is 1.38 bits per heavy atom. The van der Waals surface area contributed by atoms with Crippen molar-refractivity contribution in [2.24, 2.45) is 0 Å². The minimum Gasteiger partial charge on any atom is -0.256 e. The van der Waals surface area contributed by atoms with Gasteiger partial charge < -0.3 is 0 Å². The molecule has 1 aliphatic carbocycles. The molecule has 250 valence electrons. The maximum absolute atomic E-state index is 5.21. The molecule has 0 fully saturated rings. The van der Waals surface area contributed by atoms with Crippen molar-refractivity contribution in [2.75, 3.05) is 0 Å². The predicted octanol–water partition coefficient (Wildman–Crippen LogP) is 11.6. The van der Waals surface area contributed by atoms with Crippen LogP contribution in [0.2, 0.25) is 0 Å². The zero-order chi connectivity index (χ0) is 35.5. The van der Waals surface area contributed by atoms with Crippen LogP contribution >= 0.6 is 0 Å². The van der Waals surface area contributed by atoms with Crippen molar-refractivity contribution < 1.29 is 0 Å². The summed E-state index contributed by atoms with van der Waals surface area (Å²) in [7, 11) is 0. The normalized spacial score (nSPS) is 12.9. The lowest BCUT2D eigenvalue weighted by atomic mass is 9.82. The molecule has 0 saturated heterocycles. The van der Waals surface area contributed by atoms with Crippen molar-refractivity contribution in [2.45, 2.75) is 19.3 Å². The number of hydrogen-bond donors (Lipinski definition) is 0. The minimum atomic E-state index is -0.140. The fraction of sp³-hybridized carbons (Fsp3) is 0.0625.